The molecule has 0 spiro atoms. The average Bonchev–Trinajstić information content (AvgIpc) is 3.05. The molecule has 3 rings (SSSR count). The van der Waals surface area contributed by atoms with Gasteiger partial charge >= 0.3 is 0 Å². The van der Waals surface area contributed by atoms with E-state index in [0.29, 0.717) is 11.7 Å². The van der Waals surface area contributed by atoms with E-state index in [1.807, 2.05) is 24.3 Å². The highest BCUT2D eigenvalue weighted by Gasteiger charge is 2.29. The van der Waals surface area contributed by atoms with E-state index in [-0.39, 0.29) is 11.5 Å². The first-order valence-corrected chi connectivity index (χ1v) is 6.93. The largest absolute Gasteiger partial charge is 0.480 e. The molecule has 0 aliphatic carbocycles. The summed E-state index contributed by atoms with van der Waals surface area (Å²) in [4.78, 5) is 4.36. The van der Waals surface area contributed by atoms with Crippen LogP contribution in [0.1, 0.15) is 48.5 Å². The Labute approximate surface area is 116 Å². The van der Waals surface area contributed by atoms with Gasteiger partial charge < -0.3 is 9.26 Å². The van der Waals surface area contributed by atoms with Crippen molar-refractivity contribution in [2.45, 2.75) is 37.7 Å². The molecule has 0 saturated carbocycles. The molecule has 0 amide bonds. The summed E-state index contributed by atoms with van der Waals surface area (Å²) in [6.07, 6.45) is 2.40. The quantitative estimate of drug-likeness (QED) is 0.798. The van der Waals surface area contributed by atoms with Crippen LogP contribution < -0.4 is 4.74 Å². The molecule has 2 aromatic rings. The number of hydrogen-bond donors (Lipinski definition) is 0. The summed E-state index contributed by atoms with van der Waals surface area (Å²) in [5, 5.41) is 3.76. The van der Waals surface area contributed by atoms with Crippen LogP contribution in [-0.4, -0.2) is 10.1 Å². The number of para-hydroxylation sites is 1. The highest BCUT2D eigenvalue weighted by Crippen LogP contribution is 2.36. The maximum atomic E-state index is 6.19. The molecule has 1 aliphatic heterocycles. The first-order valence-electron chi connectivity index (χ1n) is 6.50. The van der Waals surface area contributed by atoms with E-state index in [2.05, 4.69) is 17.1 Å². The van der Waals surface area contributed by atoms with Crippen LogP contribution in [0.15, 0.2) is 28.8 Å². The highest BCUT2D eigenvalue weighted by atomic mass is 35.5. The molecule has 4 nitrogen and oxygen atoms in total. The van der Waals surface area contributed by atoms with Gasteiger partial charge in [0.05, 0.1) is 5.38 Å². The second-order valence-electron chi connectivity index (χ2n) is 4.67. The van der Waals surface area contributed by atoms with Crippen molar-refractivity contribution in [3.8, 4) is 5.75 Å². The van der Waals surface area contributed by atoms with Gasteiger partial charge in [0.2, 0.25) is 0 Å². The molecule has 0 bridgehead atoms. The monoisotopic (exact) mass is 278 g/mol. The van der Waals surface area contributed by atoms with E-state index in [9.17, 15) is 0 Å². The van der Waals surface area contributed by atoms with Gasteiger partial charge in [0, 0.05) is 6.42 Å². The number of ether oxygens (including phenoxy) is 1. The van der Waals surface area contributed by atoms with E-state index < -0.39 is 0 Å². The highest BCUT2D eigenvalue weighted by molar-refractivity contribution is 6.20. The van der Waals surface area contributed by atoms with E-state index >= 15 is 0 Å². The molecular weight excluding hydrogens is 264 g/mol. The Morgan fingerprint density at radius 2 is 2.26 bits per heavy atom. The number of benzene rings is 1. The summed E-state index contributed by atoms with van der Waals surface area (Å²) >= 11 is 6.19. The number of hydrogen-bond acceptors (Lipinski definition) is 4. The Kier molecular flexibility index (Phi) is 3.42. The normalized spacial score (nSPS) is 18.9. The molecule has 19 heavy (non-hydrogen) atoms. The molecular formula is C14H15ClN2O2. The van der Waals surface area contributed by atoms with E-state index in [4.69, 9.17) is 20.9 Å². The minimum absolute atomic E-state index is 0.189. The van der Waals surface area contributed by atoms with Crippen molar-refractivity contribution in [3.63, 3.8) is 0 Å². The topological polar surface area (TPSA) is 48.2 Å². The number of alkyl halides is 1. The number of nitrogens with zero attached hydrogens (tertiary/aromatic N) is 2. The molecule has 0 fully saturated rings. The molecule has 1 aromatic heterocycles. The van der Waals surface area contributed by atoms with Gasteiger partial charge in [0.25, 0.3) is 5.89 Å². The number of halogens is 1. The lowest BCUT2D eigenvalue weighted by atomic mass is 10.1. The van der Waals surface area contributed by atoms with Crippen molar-refractivity contribution in [3.05, 3.63) is 41.5 Å². The van der Waals surface area contributed by atoms with Crippen LogP contribution in [0.2, 0.25) is 0 Å². The van der Waals surface area contributed by atoms with Crippen molar-refractivity contribution in [2.24, 2.45) is 0 Å². The molecule has 100 valence electrons. The van der Waals surface area contributed by atoms with Crippen molar-refractivity contribution in [1.29, 1.82) is 0 Å². The third-order valence-electron chi connectivity index (χ3n) is 3.20. The Hall–Kier alpha value is -1.55. The lowest BCUT2D eigenvalue weighted by molar-refractivity contribution is 0.183. The summed E-state index contributed by atoms with van der Waals surface area (Å²) in [5.41, 5.74) is 1.17. The standard InChI is InChI=1S/C14H15ClN2O2/c1-2-5-10(15)13-16-14(19-17-13)12-8-9-6-3-4-7-11(9)18-12/h3-4,6-7,10,12H,2,5,8H2,1H3. The van der Waals surface area contributed by atoms with Crippen molar-refractivity contribution >= 4 is 11.6 Å². The van der Waals surface area contributed by atoms with Gasteiger partial charge in [0.1, 0.15) is 5.75 Å². The molecule has 2 unspecified atom stereocenters. The molecule has 1 aliphatic rings. The van der Waals surface area contributed by atoms with E-state index in [1.54, 1.807) is 0 Å². The maximum Gasteiger partial charge on any atom is 0.268 e. The molecule has 5 heteroatoms. The van der Waals surface area contributed by atoms with Gasteiger partial charge in [-0.3, -0.25) is 0 Å². The van der Waals surface area contributed by atoms with Gasteiger partial charge in [-0.1, -0.05) is 36.7 Å². The third kappa shape index (κ3) is 2.45. The van der Waals surface area contributed by atoms with Crippen LogP contribution in [0.25, 0.3) is 0 Å². The molecule has 0 radical (unpaired) electrons. The Morgan fingerprint density at radius 1 is 1.42 bits per heavy atom. The zero-order valence-corrected chi connectivity index (χ0v) is 11.4. The van der Waals surface area contributed by atoms with Gasteiger partial charge in [-0.05, 0) is 18.1 Å². The minimum Gasteiger partial charge on any atom is -0.480 e. The van der Waals surface area contributed by atoms with Crippen LogP contribution in [0.4, 0.5) is 0 Å². The zero-order valence-electron chi connectivity index (χ0n) is 10.7. The zero-order chi connectivity index (χ0) is 13.2. The second-order valence-corrected chi connectivity index (χ2v) is 5.19. The lowest BCUT2D eigenvalue weighted by Crippen LogP contribution is -2.04. The van der Waals surface area contributed by atoms with Crippen LogP contribution in [-0.2, 0) is 6.42 Å². The fourth-order valence-corrected chi connectivity index (χ4v) is 2.51. The maximum absolute atomic E-state index is 6.19. The number of fused-ring (bicyclic) bond motifs is 1. The van der Waals surface area contributed by atoms with Crippen LogP contribution in [0.3, 0.4) is 0 Å². The Morgan fingerprint density at radius 3 is 3.05 bits per heavy atom. The van der Waals surface area contributed by atoms with Gasteiger partial charge in [-0.2, -0.15) is 4.98 Å². The van der Waals surface area contributed by atoms with E-state index in [0.717, 1.165) is 25.0 Å². The van der Waals surface area contributed by atoms with Crippen LogP contribution >= 0.6 is 11.6 Å². The predicted molar refractivity (Wildman–Crippen MR) is 71.3 cm³/mol. The summed E-state index contributed by atoms with van der Waals surface area (Å²) in [6.45, 7) is 2.08. The van der Waals surface area contributed by atoms with Gasteiger partial charge in [-0.25, -0.2) is 0 Å². The van der Waals surface area contributed by atoms with E-state index in [1.165, 1.54) is 5.56 Å². The molecule has 2 heterocycles. The summed E-state index contributed by atoms with van der Waals surface area (Å²) in [5.74, 6) is 1.95. The van der Waals surface area contributed by atoms with Crippen LogP contribution in [0.5, 0.6) is 5.75 Å². The fourth-order valence-electron chi connectivity index (χ4n) is 2.21. The second kappa shape index (κ2) is 5.21. The fraction of sp³-hybridized carbons (Fsp3) is 0.429. The summed E-state index contributed by atoms with van der Waals surface area (Å²) in [6, 6.07) is 7.96. The number of rotatable bonds is 4. The average molecular weight is 279 g/mol. The summed E-state index contributed by atoms with van der Waals surface area (Å²) in [7, 11) is 0. The lowest BCUT2D eigenvalue weighted by Gasteiger charge is -2.04. The Balaban J connectivity index is 1.75. The first kappa shape index (κ1) is 12.5. The third-order valence-corrected chi connectivity index (χ3v) is 3.62. The Bertz CT molecular complexity index is 545. The van der Waals surface area contributed by atoms with Crippen molar-refractivity contribution in [1.82, 2.24) is 10.1 Å². The van der Waals surface area contributed by atoms with Crippen LogP contribution in [0, 0.1) is 0 Å². The van der Waals surface area contributed by atoms with Crippen molar-refractivity contribution < 1.29 is 9.26 Å². The SMILES string of the molecule is CCCC(Cl)c1noc(C2Cc3ccccc3O2)n1. The molecule has 2 atom stereocenters. The smallest absolute Gasteiger partial charge is 0.268 e. The number of aromatic nitrogens is 2. The summed E-state index contributed by atoms with van der Waals surface area (Å²) < 4.78 is 11.1. The van der Waals surface area contributed by atoms with Gasteiger partial charge in [0.15, 0.2) is 11.9 Å². The van der Waals surface area contributed by atoms with Crippen molar-refractivity contribution in [2.75, 3.05) is 0 Å². The van der Waals surface area contributed by atoms with Gasteiger partial charge in [-0.15, -0.1) is 11.6 Å². The minimum atomic E-state index is -0.191. The predicted octanol–water partition coefficient (Wildman–Crippen LogP) is 3.83. The first-order chi connectivity index (χ1) is 9.28. The molecule has 0 saturated heterocycles. The molecule has 1 aromatic carbocycles. The molecule has 0 N–H and O–H groups in total.